The Hall–Kier alpha value is -2.82. The van der Waals surface area contributed by atoms with E-state index in [0.29, 0.717) is 17.9 Å². The minimum atomic E-state index is -0.627. The van der Waals surface area contributed by atoms with Crippen LogP contribution in [-0.4, -0.2) is 29.9 Å². The number of nitrogens with one attached hydrogen (secondary N) is 1. The van der Waals surface area contributed by atoms with E-state index in [1.807, 2.05) is 56.3 Å². The minimum absolute atomic E-state index is 0.0541. The van der Waals surface area contributed by atoms with Crippen LogP contribution >= 0.6 is 0 Å². The largest absolute Gasteiger partial charge is 0.496 e. The van der Waals surface area contributed by atoms with Crippen molar-refractivity contribution in [3.05, 3.63) is 65.2 Å². The van der Waals surface area contributed by atoms with Gasteiger partial charge in [-0.1, -0.05) is 43.3 Å². The zero-order valence-corrected chi connectivity index (χ0v) is 15.4. The quantitative estimate of drug-likeness (QED) is 0.868. The third-order valence-electron chi connectivity index (χ3n) is 4.84. The van der Waals surface area contributed by atoms with Gasteiger partial charge in [-0.05, 0) is 31.0 Å². The summed E-state index contributed by atoms with van der Waals surface area (Å²) in [5.41, 5.74) is 2.22. The second kappa shape index (κ2) is 7.60. The normalized spacial score (nSPS) is 17.0. The molecule has 0 bridgehead atoms. The molecule has 2 aromatic carbocycles. The Morgan fingerprint density at radius 1 is 1.19 bits per heavy atom. The lowest BCUT2D eigenvalue weighted by Gasteiger charge is -2.26. The fraction of sp³-hybridized carbons (Fsp3) is 0.333. The van der Waals surface area contributed by atoms with Crippen LogP contribution in [0.15, 0.2) is 48.5 Å². The molecule has 0 spiro atoms. The highest BCUT2D eigenvalue weighted by Gasteiger charge is 2.41. The van der Waals surface area contributed by atoms with Gasteiger partial charge in [0.2, 0.25) is 5.91 Å². The zero-order chi connectivity index (χ0) is 18.7. The van der Waals surface area contributed by atoms with Crippen molar-refractivity contribution in [2.75, 3.05) is 7.11 Å². The molecule has 5 nitrogen and oxygen atoms in total. The summed E-state index contributed by atoms with van der Waals surface area (Å²) in [6.07, 6.45) is 0.834. The van der Waals surface area contributed by atoms with Crippen molar-refractivity contribution in [3.63, 3.8) is 0 Å². The highest BCUT2D eigenvalue weighted by atomic mass is 16.5. The summed E-state index contributed by atoms with van der Waals surface area (Å²) in [5, 5.41) is 3.01. The first-order chi connectivity index (χ1) is 12.6. The van der Waals surface area contributed by atoms with Gasteiger partial charge in [-0.3, -0.25) is 9.59 Å². The lowest BCUT2D eigenvalue weighted by Crippen LogP contribution is -2.42. The van der Waals surface area contributed by atoms with E-state index in [-0.39, 0.29) is 17.9 Å². The van der Waals surface area contributed by atoms with Crippen molar-refractivity contribution < 1.29 is 14.3 Å². The second-order valence-corrected chi connectivity index (χ2v) is 6.55. The summed E-state index contributed by atoms with van der Waals surface area (Å²) in [4.78, 5) is 27.5. The molecule has 0 radical (unpaired) electrons. The summed E-state index contributed by atoms with van der Waals surface area (Å²) in [6, 6.07) is 14.3. The van der Waals surface area contributed by atoms with Crippen LogP contribution in [-0.2, 0) is 11.3 Å². The molecule has 0 aliphatic carbocycles. The Kier molecular flexibility index (Phi) is 5.26. The first-order valence-electron chi connectivity index (χ1n) is 8.89. The van der Waals surface area contributed by atoms with Crippen LogP contribution in [0.2, 0.25) is 0 Å². The van der Waals surface area contributed by atoms with Gasteiger partial charge >= 0.3 is 0 Å². The summed E-state index contributed by atoms with van der Waals surface area (Å²) >= 11 is 0. The Morgan fingerprint density at radius 2 is 1.88 bits per heavy atom. The van der Waals surface area contributed by atoms with E-state index < -0.39 is 6.04 Å². The SMILES string of the molecule is CC[C@@H](C)NC(=O)[C@@H]1c2ccccc2C(=O)N1Cc1ccccc1OC. The number of para-hydroxylation sites is 1. The van der Waals surface area contributed by atoms with E-state index in [4.69, 9.17) is 4.74 Å². The molecule has 2 atom stereocenters. The van der Waals surface area contributed by atoms with E-state index in [2.05, 4.69) is 5.32 Å². The van der Waals surface area contributed by atoms with Crippen molar-refractivity contribution in [1.29, 1.82) is 0 Å². The first kappa shape index (κ1) is 18.0. The lowest BCUT2D eigenvalue weighted by molar-refractivity contribution is -0.126. The molecule has 0 unspecified atom stereocenters. The van der Waals surface area contributed by atoms with Gasteiger partial charge in [0.15, 0.2) is 0 Å². The molecule has 5 heteroatoms. The highest BCUT2D eigenvalue weighted by Crippen LogP contribution is 2.36. The highest BCUT2D eigenvalue weighted by molar-refractivity contribution is 6.04. The monoisotopic (exact) mass is 352 g/mol. The Balaban J connectivity index is 1.96. The van der Waals surface area contributed by atoms with Crippen LogP contribution in [0.1, 0.15) is 47.8 Å². The van der Waals surface area contributed by atoms with E-state index in [1.165, 1.54) is 0 Å². The Morgan fingerprint density at radius 3 is 2.62 bits per heavy atom. The summed E-state index contributed by atoms with van der Waals surface area (Å²) in [7, 11) is 1.60. The van der Waals surface area contributed by atoms with Crippen molar-refractivity contribution in [3.8, 4) is 5.75 Å². The van der Waals surface area contributed by atoms with Crippen LogP contribution < -0.4 is 10.1 Å². The molecule has 1 aliphatic heterocycles. The zero-order valence-electron chi connectivity index (χ0n) is 15.4. The van der Waals surface area contributed by atoms with Crippen LogP contribution in [0.3, 0.4) is 0 Å². The van der Waals surface area contributed by atoms with E-state index in [0.717, 1.165) is 17.5 Å². The molecule has 1 N–H and O–H groups in total. The number of nitrogens with zero attached hydrogens (tertiary/aromatic N) is 1. The molecule has 136 valence electrons. The average Bonchev–Trinajstić information content (AvgIpc) is 2.94. The van der Waals surface area contributed by atoms with E-state index >= 15 is 0 Å². The van der Waals surface area contributed by atoms with Gasteiger partial charge in [-0.15, -0.1) is 0 Å². The Bertz CT molecular complexity index is 818. The third kappa shape index (κ3) is 3.29. The maximum Gasteiger partial charge on any atom is 0.255 e. The number of benzene rings is 2. The minimum Gasteiger partial charge on any atom is -0.496 e. The van der Waals surface area contributed by atoms with Crippen LogP contribution in [0.5, 0.6) is 5.75 Å². The van der Waals surface area contributed by atoms with Crippen molar-refractivity contribution in [2.24, 2.45) is 0 Å². The molecule has 0 saturated heterocycles. The van der Waals surface area contributed by atoms with Gasteiger partial charge in [0.05, 0.1) is 13.7 Å². The first-order valence-corrected chi connectivity index (χ1v) is 8.89. The summed E-state index contributed by atoms with van der Waals surface area (Å²) in [5.74, 6) is 0.431. The van der Waals surface area contributed by atoms with Crippen LogP contribution in [0, 0.1) is 0 Å². The van der Waals surface area contributed by atoms with Crippen molar-refractivity contribution in [1.82, 2.24) is 10.2 Å². The number of hydrogen-bond acceptors (Lipinski definition) is 3. The number of carbonyl (C=O) groups excluding carboxylic acids is 2. The molecule has 0 aromatic heterocycles. The smallest absolute Gasteiger partial charge is 0.255 e. The maximum absolute atomic E-state index is 13.0. The number of amides is 2. The predicted molar refractivity (Wildman–Crippen MR) is 99.9 cm³/mol. The van der Waals surface area contributed by atoms with Crippen molar-refractivity contribution in [2.45, 2.75) is 38.9 Å². The van der Waals surface area contributed by atoms with Gasteiger partial charge in [0.25, 0.3) is 5.91 Å². The molecule has 2 aromatic rings. The molecular formula is C21H24N2O3. The molecule has 2 amide bonds. The Labute approximate surface area is 154 Å². The molecular weight excluding hydrogens is 328 g/mol. The standard InChI is InChI=1S/C21H24N2O3/c1-4-14(2)22-20(24)19-16-10-6-7-11-17(16)21(25)23(19)13-15-9-5-8-12-18(15)26-3/h5-12,14,19H,4,13H2,1-3H3,(H,22,24)/t14-,19+/m1/s1. The molecule has 26 heavy (non-hydrogen) atoms. The maximum atomic E-state index is 13.0. The fourth-order valence-electron chi connectivity index (χ4n) is 3.26. The molecule has 3 rings (SSSR count). The molecule has 1 heterocycles. The number of hydrogen-bond donors (Lipinski definition) is 1. The number of rotatable bonds is 6. The van der Waals surface area contributed by atoms with Gasteiger partial charge in [-0.25, -0.2) is 0 Å². The fourth-order valence-corrected chi connectivity index (χ4v) is 3.26. The lowest BCUT2D eigenvalue weighted by atomic mass is 10.0. The molecule has 0 fully saturated rings. The van der Waals surface area contributed by atoms with Crippen LogP contribution in [0.4, 0.5) is 0 Å². The van der Waals surface area contributed by atoms with Crippen LogP contribution in [0.25, 0.3) is 0 Å². The van der Waals surface area contributed by atoms with Gasteiger partial charge in [0.1, 0.15) is 11.8 Å². The second-order valence-electron chi connectivity index (χ2n) is 6.55. The predicted octanol–water partition coefficient (Wildman–Crippen LogP) is 3.31. The third-order valence-corrected chi connectivity index (χ3v) is 4.84. The molecule has 0 saturated carbocycles. The van der Waals surface area contributed by atoms with Gasteiger partial charge < -0.3 is 15.0 Å². The van der Waals surface area contributed by atoms with E-state index in [9.17, 15) is 9.59 Å². The van der Waals surface area contributed by atoms with Gasteiger partial charge in [-0.2, -0.15) is 0 Å². The number of carbonyl (C=O) groups is 2. The summed E-state index contributed by atoms with van der Waals surface area (Å²) < 4.78 is 5.41. The van der Waals surface area contributed by atoms with E-state index in [1.54, 1.807) is 18.1 Å². The number of methoxy groups -OCH3 is 1. The summed E-state index contributed by atoms with van der Waals surface area (Å²) in [6.45, 7) is 4.30. The number of ether oxygens (including phenoxy) is 1. The molecule has 1 aliphatic rings. The average molecular weight is 352 g/mol. The number of fused-ring (bicyclic) bond motifs is 1. The van der Waals surface area contributed by atoms with Crippen molar-refractivity contribution >= 4 is 11.8 Å². The topological polar surface area (TPSA) is 58.6 Å². The van der Waals surface area contributed by atoms with Gasteiger partial charge in [0, 0.05) is 17.2 Å².